The van der Waals surface area contributed by atoms with E-state index in [-0.39, 0.29) is 6.04 Å². The van der Waals surface area contributed by atoms with Crippen molar-refractivity contribution in [3.63, 3.8) is 0 Å². The number of rotatable bonds is 8. The molecule has 1 aromatic rings. The molecule has 0 amide bonds. The first-order valence-corrected chi connectivity index (χ1v) is 6.82. The number of ether oxygens (including phenoxy) is 1. The SMILES string of the molecule is CCCNc1cc(N(C)C(C)CC#N)nc(COC)n1. The molecular formula is C14H23N5O. The average molecular weight is 277 g/mol. The quantitative estimate of drug-likeness (QED) is 0.785. The maximum absolute atomic E-state index is 8.80. The van der Waals surface area contributed by atoms with Gasteiger partial charge in [0.1, 0.15) is 18.2 Å². The van der Waals surface area contributed by atoms with Crippen LogP contribution >= 0.6 is 0 Å². The molecule has 0 spiro atoms. The Morgan fingerprint density at radius 3 is 2.85 bits per heavy atom. The Hall–Kier alpha value is -1.87. The fourth-order valence-electron chi connectivity index (χ4n) is 1.70. The van der Waals surface area contributed by atoms with Gasteiger partial charge in [0.2, 0.25) is 0 Å². The summed E-state index contributed by atoms with van der Waals surface area (Å²) in [6.45, 7) is 5.34. The first kappa shape index (κ1) is 16.2. The standard InChI is InChI=1S/C14H23N5O/c1-5-8-16-12-9-14(18-13(17-12)10-20-4)19(3)11(2)6-7-15/h9,11H,5-6,8,10H2,1-4H3,(H,16,17,18). The zero-order chi connectivity index (χ0) is 15.0. The molecule has 0 aliphatic rings. The molecule has 110 valence electrons. The number of aromatic nitrogens is 2. The van der Waals surface area contributed by atoms with Crippen LogP contribution in [-0.4, -0.2) is 36.7 Å². The van der Waals surface area contributed by atoms with E-state index in [4.69, 9.17) is 10.00 Å². The molecule has 0 saturated heterocycles. The third kappa shape index (κ3) is 4.67. The van der Waals surface area contributed by atoms with Gasteiger partial charge in [0.25, 0.3) is 0 Å². The third-order valence-corrected chi connectivity index (χ3v) is 3.00. The van der Waals surface area contributed by atoms with Crippen molar-refractivity contribution in [2.24, 2.45) is 0 Å². The molecule has 0 radical (unpaired) electrons. The summed E-state index contributed by atoms with van der Waals surface area (Å²) in [5.74, 6) is 2.23. The van der Waals surface area contributed by atoms with E-state index in [1.807, 2.05) is 24.9 Å². The van der Waals surface area contributed by atoms with Crippen molar-refractivity contribution < 1.29 is 4.74 Å². The van der Waals surface area contributed by atoms with E-state index in [9.17, 15) is 0 Å². The fourth-order valence-corrected chi connectivity index (χ4v) is 1.70. The summed E-state index contributed by atoms with van der Waals surface area (Å²) >= 11 is 0. The largest absolute Gasteiger partial charge is 0.377 e. The van der Waals surface area contributed by atoms with Crippen LogP contribution in [0.1, 0.15) is 32.5 Å². The minimum Gasteiger partial charge on any atom is -0.377 e. The van der Waals surface area contributed by atoms with Crippen LogP contribution in [0, 0.1) is 11.3 Å². The van der Waals surface area contributed by atoms with Gasteiger partial charge in [-0.05, 0) is 13.3 Å². The Morgan fingerprint density at radius 1 is 1.50 bits per heavy atom. The molecule has 1 unspecified atom stereocenters. The zero-order valence-corrected chi connectivity index (χ0v) is 12.7. The number of anilines is 2. The van der Waals surface area contributed by atoms with Crippen LogP contribution in [0.2, 0.25) is 0 Å². The highest BCUT2D eigenvalue weighted by Gasteiger charge is 2.13. The number of hydrogen-bond donors (Lipinski definition) is 1. The lowest BCUT2D eigenvalue weighted by molar-refractivity contribution is 0.178. The summed E-state index contributed by atoms with van der Waals surface area (Å²) < 4.78 is 5.11. The van der Waals surface area contributed by atoms with Crippen molar-refractivity contribution in [2.45, 2.75) is 39.3 Å². The zero-order valence-electron chi connectivity index (χ0n) is 12.7. The molecule has 1 N–H and O–H groups in total. The van der Waals surface area contributed by atoms with E-state index >= 15 is 0 Å². The normalized spacial score (nSPS) is 11.8. The molecular weight excluding hydrogens is 254 g/mol. The molecule has 0 aliphatic carbocycles. The second kappa shape index (κ2) is 8.33. The molecule has 6 nitrogen and oxygen atoms in total. The van der Waals surface area contributed by atoms with Crippen LogP contribution in [0.3, 0.4) is 0 Å². The highest BCUT2D eigenvalue weighted by atomic mass is 16.5. The second-order valence-corrected chi connectivity index (χ2v) is 4.71. The number of nitrogens with one attached hydrogen (secondary N) is 1. The fraction of sp³-hybridized carbons (Fsp3) is 0.643. The molecule has 0 bridgehead atoms. The van der Waals surface area contributed by atoms with Gasteiger partial charge in [-0.2, -0.15) is 5.26 Å². The van der Waals surface area contributed by atoms with Crippen LogP contribution in [0.25, 0.3) is 0 Å². The lowest BCUT2D eigenvalue weighted by Crippen LogP contribution is -2.29. The predicted octanol–water partition coefficient (Wildman–Crippen LogP) is 2.18. The third-order valence-electron chi connectivity index (χ3n) is 3.00. The lowest BCUT2D eigenvalue weighted by Gasteiger charge is -2.24. The topological polar surface area (TPSA) is 74.1 Å². The Bertz CT molecular complexity index is 457. The van der Waals surface area contributed by atoms with Crippen molar-refractivity contribution in [3.8, 4) is 6.07 Å². The molecule has 1 heterocycles. The molecule has 1 rings (SSSR count). The molecule has 0 aliphatic heterocycles. The Balaban J connectivity index is 2.98. The number of methoxy groups -OCH3 is 1. The van der Waals surface area contributed by atoms with Crippen molar-refractivity contribution in [2.75, 3.05) is 30.9 Å². The van der Waals surface area contributed by atoms with E-state index in [1.165, 1.54) is 0 Å². The summed E-state index contributed by atoms with van der Waals surface area (Å²) in [5.41, 5.74) is 0. The highest BCUT2D eigenvalue weighted by molar-refractivity contribution is 5.49. The predicted molar refractivity (Wildman–Crippen MR) is 79.6 cm³/mol. The summed E-state index contributed by atoms with van der Waals surface area (Å²) in [6.07, 6.45) is 1.48. The van der Waals surface area contributed by atoms with Crippen molar-refractivity contribution >= 4 is 11.6 Å². The molecule has 6 heteroatoms. The van der Waals surface area contributed by atoms with Crippen molar-refractivity contribution in [3.05, 3.63) is 11.9 Å². The van der Waals surface area contributed by atoms with E-state index in [0.29, 0.717) is 18.9 Å². The summed E-state index contributed by atoms with van der Waals surface area (Å²) in [7, 11) is 3.56. The van der Waals surface area contributed by atoms with Gasteiger partial charge in [0, 0.05) is 32.8 Å². The maximum atomic E-state index is 8.80. The Labute approximate surface area is 120 Å². The van der Waals surface area contributed by atoms with Crippen LogP contribution < -0.4 is 10.2 Å². The monoisotopic (exact) mass is 277 g/mol. The van der Waals surface area contributed by atoms with Crippen LogP contribution in [0.15, 0.2) is 6.07 Å². The lowest BCUT2D eigenvalue weighted by atomic mass is 10.2. The van der Waals surface area contributed by atoms with E-state index in [0.717, 1.165) is 24.6 Å². The number of hydrogen-bond acceptors (Lipinski definition) is 6. The second-order valence-electron chi connectivity index (χ2n) is 4.71. The van der Waals surface area contributed by atoms with Crippen molar-refractivity contribution in [1.29, 1.82) is 5.26 Å². The summed E-state index contributed by atoms with van der Waals surface area (Å²) in [6, 6.07) is 4.19. The van der Waals surface area contributed by atoms with Gasteiger partial charge in [-0.25, -0.2) is 9.97 Å². The molecule has 20 heavy (non-hydrogen) atoms. The van der Waals surface area contributed by atoms with Gasteiger partial charge >= 0.3 is 0 Å². The summed E-state index contributed by atoms with van der Waals surface area (Å²) in [5, 5.41) is 12.1. The maximum Gasteiger partial charge on any atom is 0.158 e. The smallest absolute Gasteiger partial charge is 0.158 e. The molecule has 0 saturated carbocycles. The minimum absolute atomic E-state index is 0.101. The van der Waals surface area contributed by atoms with E-state index in [1.54, 1.807) is 7.11 Å². The Kier molecular flexibility index (Phi) is 6.74. The first-order chi connectivity index (χ1) is 9.62. The van der Waals surface area contributed by atoms with Gasteiger partial charge in [-0.1, -0.05) is 6.92 Å². The molecule has 1 atom stereocenters. The van der Waals surface area contributed by atoms with Crippen molar-refractivity contribution in [1.82, 2.24) is 9.97 Å². The number of nitriles is 1. The highest BCUT2D eigenvalue weighted by Crippen LogP contribution is 2.18. The minimum atomic E-state index is 0.101. The molecule has 0 fully saturated rings. The molecule has 1 aromatic heterocycles. The van der Waals surface area contributed by atoms with Crippen LogP contribution in [0.4, 0.5) is 11.6 Å². The first-order valence-electron chi connectivity index (χ1n) is 6.82. The van der Waals surface area contributed by atoms with Gasteiger partial charge < -0.3 is 15.0 Å². The van der Waals surface area contributed by atoms with Gasteiger partial charge in [-0.3, -0.25) is 0 Å². The van der Waals surface area contributed by atoms with Gasteiger partial charge in [0.15, 0.2) is 5.82 Å². The Morgan fingerprint density at radius 2 is 2.25 bits per heavy atom. The average Bonchev–Trinajstić information content (AvgIpc) is 2.44. The number of nitrogens with zero attached hydrogens (tertiary/aromatic N) is 4. The van der Waals surface area contributed by atoms with E-state index < -0.39 is 0 Å². The van der Waals surface area contributed by atoms with E-state index in [2.05, 4.69) is 28.3 Å². The van der Waals surface area contributed by atoms with Crippen LogP contribution in [0.5, 0.6) is 0 Å². The van der Waals surface area contributed by atoms with Gasteiger partial charge in [0.05, 0.1) is 12.5 Å². The van der Waals surface area contributed by atoms with Gasteiger partial charge in [-0.15, -0.1) is 0 Å². The molecule has 0 aromatic carbocycles. The summed E-state index contributed by atoms with van der Waals surface area (Å²) in [4.78, 5) is 10.9. The van der Waals surface area contributed by atoms with Crippen LogP contribution in [-0.2, 0) is 11.3 Å².